The molecule has 3 aromatic heterocycles. The summed E-state index contributed by atoms with van der Waals surface area (Å²) in [6.45, 7) is 0. The standard InChI is InChI=1S/C11H9N5O/c12-10-7-8(9-3-2-6-17-9)15-16(10)11-4-1-5-13-14-11/h1-7H,12H2. The Kier molecular flexibility index (Phi) is 2.11. The van der Waals surface area contributed by atoms with Crippen LogP contribution in [0.15, 0.2) is 47.2 Å². The van der Waals surface area contributed by atoms with Crippen molar-refractivity contribution >= 4 is 5.82 Å². The first-order valence-corrected chi connectivity index (χ1v) is 5.02. The largest absolute Gasteiger partial charge is 0.463 e. The Hall–Kier alpha value is -2.63. The first kappa shape index (κ1) is 9.59. The molecule has 0 radical (unpaired) electrons. The van der Waals surface area contributed by atoms with Crippen molar-refractivity contribution in [3.63, 3.8) is 0 Å². The van der Waals surface area contributed by atoms with Gasteiger partial charge in [0.2, 0.25) is 0 Å². The number of hydrogen-bond acceptors (Lipinski definition) is 5. The minimum atomic E-state index is 0.483. The summed E-state index contributed by atoms with van der Waals surface area (Å²) in [4.78, 5) is 0. The molecule has 0 aliphatic heterocycles. The number of nitrogens with two attached hydrogens (primary N) is 1. The molecule has 0 aliphatic rings. The molecule has 0 fully saturated rings. The predicted octanol–water partition coefficient (Wildman–Crippen LogP) is 1.50. The lowest BCUT2D eigenvalue weighted by atomic mass is 10.3. The molecule has 0 amide bonds. The molecule has 3 heterocycles. The summed E-state index contributed by atoms with van der Waals surface area (Å²) in [7, 11) is 0. The third kappa shape index (κ3) is 1.65. The van der Waals surface area contributed by atoms with E-state index in [-0.39, 0.29) is 0 Å². The maximum Gasteiger partial charge on any atom is 0.177 e. The zero-order valence-corrected chi connectivity index (χ0v) is 8.82. The van der Waals surface area contributed by atoms with Crippen LogP contribution >= 0.6 is 0 Å². The van der Waals surface area contributed by atoms with Crippen LogP contribution in [0.5, 0.6) is 0 Å². The predicted molar refractivity (Wildman–Crippen MR) is 61.3 cm³/mol. The van der Waals surface area contributed by atoms with E-state index in [4.69, 9.17) is 10.2 Å². The van der Waals surface area contributed by atoms with Crippen LogP contribution in [-0.4, -0.2) is 20.0 Å². The summed E-state index contributed by atoms with van der Waals surface area (Å²) in [5, 5.41) is 12.0. The van der Waals surface area contributed by atoms with Crippen LogP contribution in [0.25, 0.3) is 17.3 Å². The summed E-state index contributed by atoms with van der Waals surface area (Å²) in [5.41, 5.74) is 6.54. The average molecular weight is 227 g/mol. The Morgan fingerprint density at radius 1 is 1.24 bits per heavy atom. The summed E-state index contributed by atoms with van der Waals surface area (Å²) in [5.74, 6) is 1.72. The molecule has 3 rings (SSSR count). The van der Waals surface area contributed by atoms with Gasteiger partial charge < -0.3 is 10.2 Å². The zero-order chi connectivity index (χ0) is 11.7. The van der Waals surface area contributed by atoms with Gasteiger partial charge in [-0.05, 0) is 24.3 Å². The molecule has 0 aromatic carbocycles. The van der Waals surface area contributed by atoms with Gasteiger partial charge in [-0.25, -0.2) is 0 Å². The smallest absolute Gasteiger partial charge is 0.177 e. The first-order valence-electron chi connectivity index (χ1n) is 5.02. The molecule has 2 N–H and O–H groups in total. The van der Waals surface area contributed by atoms with Gasteiger partial charge in [0, 0.05) is 12.3 Å². The van der Waals surface area contributed by atoms with Crippen LogP contribution < -0.4 is 5.73 Å². The number of anilines is 1. The van der Waals surface area contributed by atoms with E-state index >= 15 is 0 Å². The normalized spacial score (nSPS) is 10.6. The third-order valence-corrected chi connectivity index (χ3v) is 2.29. The van der Waals surface area contributed by atoms with Gasteiger partial charge in [0.05, 0.1) is 6.26 Å². The molecule has 0 spiro atoms. The monoisotopic (exact) mass is 227 g/mol. The minimum Gasteiger partial charge on any atom is -0.463 e. The Bertz CT molecular complexity index is 615. The Morgan fingerprint density at radius 2 is 2.18 bits per heavy atom. The lowest BCUT2D eigenvalue weighted by molar-refractivity contribution is 0.579. The first-order chi connectivity index (χ1) is 8.34. The second kappa shape index (κ2) is 3.75. The fourth-order valence-corrected chi connectivity index (χ4v) is 1.53. The molecule has 0 bridgehead atoms. The zero-order valence-electron chi connectivity index (χ0n) is 8.82. The summed E-state index contributed by atoms with van der Waals surface area (Å²) < 4.78 is 6.78. The molecule has 6 heteroatoms. The van der Waals surface area contributed by atoms with Crippen LogP contribution in [-0.2, 0) is 0 Å². The highest BCUT2D eigenvalue weighted by Crippen LogP contribution is 2.22. The number of furan rings is 1. The van der Waals surface area contributed by atoms with E-state index < -0.39 is 0 Å². The van der Waals surface area contributed by atoms with Gasteiger partial charge in [-0.15, -0.1) is 5.10 Å². The highest BCUT2D eigenvalue weighted by Gasteiger charge is 2.11. The van der Waals surface area contributed by atoms with Crippen molar-refractivity contribution in [3.05, 3.63) is 42.8 Å². The Morgan fingerprint density at radius 3 is 2.88 bits per heavy atom. The van der Waals surface area contributed by atoms with Gasteiger partial charge in [-0.3, -0.25) is 0 Å². The fourth-order valence-electron chi connectivity index (χ4n) is 1.53. The molecule has 0 atom stereocenters. The molecule has 0 saturated heterocycles. The molecule has 0 unspecified atom stereocenters. The average Bonchev–Trinajstić information content (AvgIpc) is 2.99. The van der Waals surface area contributed by atoms with E-state index in [1.165, 1.54) is 4.68 Å². The van der Waals surface area contributed by atoms with Gasteiger partial charge in [0.1, 0.15) is 11.5 Å². The van der Waals surface area contributed by atoms with E-state index in [1.54, 1.807) is 36.7 Å². The molecule has 0 saturated carbocycles. The van der Waals surface area contributed by atoms with Gasteiger partial charge in [-0.2, -0.15) is 14.9 Å². The summed E-state index contributed by atoms with van der Waals surface area (Å²) in [6, 6.07) is 8.90. The maximum atomic E-state index is 5.87. The number of nitrogen functional groups attached to an aromatic ring is 1. The highest BCUT2D eigenvalue weighted by molar-refractivity contribution is 5.57. The molecular weight excluding hydrogens is 218 g/mol. The Balaban J connectivity index is 2.08. The molecule has 17 heavy (non-hydrogen) atoms. The lowest BCUT2D eigenvalue weighted by Crippen LogP contribution is -2.04. The van der Waals surface area contributed by atoms with Crippen molar-refractivity contribution in [1.82, 2.24) is 20.0 Å². The van der Waals surface area contributed by atoms with E-state index in [0.717, 1.165) is 0 Å². The molecular formula is C11H9N5O. The maximum absolute atomic E-state index is 5.87. The van der Waals surface area contributed by atoms with Crippen molar-refractivity contribution in [2.24, 2.45) is 0 Å². The van der Waals surface area contributed by atoms with Crippen LogP contribution in [0, 0.1) is 0 Å². The van der Waals surface area contributed by atoms with Crippen molar-refractivity contribution < 1.29 is 4.42 Å². The fraction of sp³-hybridized carbons (Fsp3) is 0. The Labute approximate surface area is 96.7 Å². The number of rotatable bonds is 2. The van der Waals surface area contributed by atoms with Gasteiger partial charge >= 0.3 is 0 Å². The summed E-state index contributed by atoms with van der Waals surface area (Å²) >= 11 is 0. The van der Waals surface area contributed by atoms with Crippen molar-refractivity contribution in [2.45, 2.75) is 0 Å². The van der Waals surface area contributed by atoms with Gasteiger partial charge in [-0.1, -0.05) is 0 Å². The number of aromatic nitrogens is 4. The van der Waals surface area contributed by atoms with Gasteiger partial charge in [0.25, 0.3) is 0 Å². The van der Waals surface area contributed by atoms with Crippen LogP contribution in [0.1, 0.15) is 0 Å². The SMILES string of the molecule is Nc1cc(-c2ccco2)nn1-c1cccnn1. The second-order valence-corrected chi connectivity index (χ2v) is 3.43. The molecule has 6 nitrogen and oxygen atoms in total. The van der Waals surface area contributed by atoms with Crippen molar-refractivity contribution in [2.75, 3.05) is 5.73 Å². The number of nitrogens with zero attached hydrogens (tertiary/aromatic N) is 4. The van der Waals surface area contributed by atoms with E-state index in [0.29, 0.717) is 23.1 Å². The van der Waals surface area contributed by atoms with Crippen LogP contribution in [0.3, 0.4) is 0 Å². The second-order valence-electron chi connectivity index (χ2n) is 3.43. The van der Waals surface area contributed by atoms with Crippen molar-refractivity contribution in [1.29, 1.82) is 0 Å². The molecule has 3 aromatic rings. The highest BCUT2D eigenvalue weighted by atomic mass is 16.3. The quantitative estimate of drug-likeness (QED) is 0.717. The van der Waals surface area contributed by atoms with E-state index in [9.17, 15) is 0 Å². The molecule has 84 valence electrons. The van der Waals surface area contributed by atoms with E-state index in [2.05, 4.69) is 15.3 Å². The van der Waals surface area contributed by atoms with Gasteiger partial charge in [0.15, 0.2) is 11.6 Å². The van der Waals surface area contributed by atoms with E-state index in [1.807, 2.05) is 6.07 Å². The summed E-state index contributed by atoms with van der Waals surface area (Å²) in [6.07, 6.45) is 3.18. The number of hydrogen-bond donors (Lipinski definition) is 1. The topological polar surface area (TPSA) is 82.8 Å². The lowest BCUT2D eigenvalue weighted by Gasteiger charge is -1.99. The molecule has 0 aliphatic carbocycles. The van der Waals surface area contributed by atoms with Crippen LogP contribution in [0.2, 0.25) is 0 Å². The van der Waals surface area contributed by atoms with Crippen LogP contribution in [0.4, 0.5) is 5.82 Å². The third-order valence-electron chi connectivity index (χ3n) is 2.29. The van der Waals surface area contributed by atoms with Crippen molar-refractivity contribution in [3.8, 4) is 17.3 Å². The minimum absolute atomic E-state index is 0.483.